The van der Waals surface area contributed by atoms with Gasteiger partial charge in [-0.1, -0.05) is 11.6 Å². The fourth-order valence-corrected chi connectivity index (χ4v) is 2.21. The lowest BCUT2D eigenvalue weighted by atomic mass is 10.1. The van der Waals surface area contributed by atoms with Crippen molar-refractivity contribution in [2.45, 2.75) is 33.4 Å². The molecular formula is C14H17ClN4O2. The first-order valence-corrected chi connectivity index (χ1v) is 6.97. The second-order valence-electron chi connectivity index (χ2n) is 4.89. The average molecular weight is 309 g/mol. The molecule has 0 saturated carbocycles. The molecule has 0 radical (unpaired) electrons. The Kier molecular flexibility index (Phi) is 4.80. The molecule has 0 saturated heterocycles. The summed E-state index contributed by atoms with van der Waals surface area (Å²) in [5, 5.41) is 7.28. The predicted octanol–water partition coefficient (Wildman–Crippen LogP) is 1.55. The molecule has 0 atom stereocenters. The van der Waals surface area contributed by atoms with E-state index in [2.05, 4.69) is 15.4 Å². The van der Waals surface area contributed by atoms with Gasteiger partial charge in [0.25, 0.3) is 5.56 Å². The maximum Gasteiger partial charge on any atom is 0.253 e. The minimum atomic E-state index is -0.161. The Balaban J connectivity index is 1.88. The highest BCUT2D eigenvalue weighted by Crippen LogP contribution is 2.05. The molecule has 6 nitrogen and oxygen atoms in total. The SMILES string of the molecule is Cc1cc(C)c(CNC(=O)CCn2cc(Cl)cn2)c(=O)[nH]1. The molecule has 0 spiro atoms. The van der Waals surface area contributed by atoms with Gasteiger partial charge in [0.05, 0.1) is 11.2 Å². The summed E-state index contributed by atoms with van der Waals surface area (Å²) in [4.78, 5) is 26.3. The first kappa shape index (κ1) is 15.3. The van der Waals surface area contributed by atoms with Crippen molar-refractivity contribution in [3.63, 3.8) is 0 Å². The number of hydrogen-bond donors (Lipinski definition) is 2. The molecule has 21 heavy (non-hydrogen) atoms. The molecule has 1 amide bonds. The number of nitrogens with one attached hydrogen (secondary N) is 2. The largest absolute Gasteiger partial charge is 0.352 e. The van der Waals surface area contributed by atoms with Crippen molar-refractivity contribution in [2.24, 2.45) is 0 Å². The maximum absolute atomic E-state index is 11.8. The second-order valence-corrected chi connectivity index (χ2v) is 5.33. The topological polar surface area (TPSA) is 79.8 Å². The molecule has 2 rings (SSSR count). The van der Waals surface area contributed by atoms with Crippen molar-refractivity contribution in [3.8, 4) is 0 Å². The Morgan fingerprint density at radius 2 is 2.24 bits per heavy atom. The Bertz CT molecular complexity index is 705. The number of aromatic nitrogens is 3. The molecule has 0 aliphatic rings. The van der Waals surface area contributed by atoms with Crippen molar-refractivity contribution < 1.29 is 4.79 Å². The molecule has 2 heterocycles. The van der Waals surface area contributed by atoms with E-state index >= 15 is 0 Å². The Hall–Kier alpha value is -2.08. The van der Waals surface area contributed by atoms with Crippen LogP contribution in [0.15, 0.2) is 23.3 Å². The van der Waals surface area contributed by atoms with Crippen LogP contribution in [-0.2, 0) is 17.9 Å². The lowest BCUT2D eigenvalue weighted by Crippen LogP contribution is -2.28. The van der Waals surface area contributed by atoms with Crippen molar-refractivity contribution >= 4 is 17.5 Å². The standard InChI is InChI=1S/C14H17ClN4O2/c1-9-5-10(2)18-14(21)12(9)7-16-13(20)3-4-19-8-11(15)6-17-19/h5-6,8H,3-4,7H2,1-2H3,(H,16,20)(H,18,21). The molecule has 2 N–H and O–H groups in total. The number of carbonyl (C=O) groups excluding carboxylic acids is 1. The summed E-state index contributed by atoms with van der Waals surface area (Å²) in [6.45, 7) is 4.35. The van der Waals surface area contributed by atoms with Crippen LogP contribution in [0.5, 0.6) is 0 Å². The average Bonchev–Trinajstić information content (AvgIpc) is 2.81. The highest BCUT2D eigenvalue weighted by molar-refractivity contribution is 6.30. The highest BCUT2D eigenvalue weighted by atomic mass is 35.5. The van der Waals surface area contributed by atoms with Gasteiger partial charge in [-0.2, -0.15) is 5.10 Å². The van der Waals surface area contributed by atoms with Crippen LogP contribution in [0.25, 0.3) is 0 Å². The molecule has 0 aliphatic carbocycles. The molecule has 0 bridgehead atoms. The number of aryl methyl sites for hydroxylation is 3. The molecule has 7 heteroatoms. The summed E-state index contributed by atoms with van der Waals surface area (Å²) < 4.78 is 1.60. The number of pyridine rings is 1. The lowest BCUT2D eigenvalue weighted by Gasteiger charge is -2.08. The number of hydrogen-bond acceptors (Lipinski definition) is 3. The van der Waals surface area contributed by atoms with Gasteiger partial charge in [-0.25, -0.2) is 0 Å². The molecular weight excluding hydrogens is 292 g/mol. The molecule has 0 aromatic carbocycles. The smallest absolute Gasteiger partial charge is 0.253 e. The number of nitrogens with zero attached hydrogens (tertiary/aromatic N) is 2. The third-order valence-corrected chi connectivity index (χ3v) is 3.32. The third-order valence-electron chi connectivity index (χ3n) is 3.13. The van der Waals surface area contributed by atoms with Gasteiger partial charge in [0.1, 0.15) is 0 Å². The van der Waals surface area contributed by atoms with E-state index in [0.717, 1.165) is 11.3 Å². The fraction of sp³-hybridized carbons (Fsp3) is 0.357. The van der Waals surface area contributed by atoms with Crippen molar-refractivity contribution in [1.29, 1.82) is 0 Å². The Morgan fingerprint density at radius 3 is 2.86 bits per heavy atom. The minimum absolute atomic E-state index is 0.138. The summed E-state index contributed by atoms with van der Waals surface area (Å²) in [5.74, 6) is -0.138. The number of aromatic amines is 1. The molecule has 2 aromatic rings. The van der Waals surface area contributed by atoms with Crippen LogP contribution in [0.1, 0.15) is 23.2 Å². The second kappa shape index (κ2) is 6.58. The number of H-pyrrole nitrogens is 1. The van der Waals surface area contributed by atoms with Gasteiger partial charge >= 0.3 is 0 Å². The van der Waals surface area contributed by atoms with Gasteiger partial charge in [-0.3, -0.25) is 14.3 Å². The highest BCUT2D eigenvalue weighted by Gasteiger charge is 2.08. The number of amides is 1. The monoisotopic (exact) mass is 308 g/mol. The van der Waals surface area contributed by atoms with Crippen molar-refractivity contribution in [2.75, 3.05) is 0 Å². The zero-order chi connectivity index (χ0) is 15.4. The Labute approximate surface area is 127 Å². The van der Waals surface area contributed by atoms with E-state index in [1.807, 2.05) is 19.9 Å². The summed E-state index contributed by atoms with van der Waals surface area (Å²) >= 11 is 5.74. The fourth-order valence-electron chi connectivity index (χ4n) is 2.05. The first-order chi connectivity index (χ1) is 9.95. The van der Waals surface area contributed by atoms with Gasteiger partial charge in [0, 0.05) is 37.0 Å². The van der Waals surface area contributed by atoms with Crippen LogP contribution < -0.4 is 10.9 Å². The normalized spacial score (nSPS) is 10.6. The predicted molar refractivity (Wildman–Crippen MR) is 80.2 cm³/mol. The first-order valence-electron chi connectivity index (χ1n) is 6.60. The van der Waals surface area contributed by atoms with Crippen LogP contribution in [0.3, 0.4) is 0 Å². The Morgan fingerprint density at radius 1 is 1.48 bits per heavy atom. The maximum atomic E-state index is 11.8. The van der Waals surface area contributed by atoms with Crippen LogP contribution in [0.4, 0.5) is 0 Å². The van der Waals surface area contributed by atoms with E-state index < -0.39 is 0 Å². The van der Waals surface area contributed by atoms with E-state index in [9.17, 15) is 9.59 Å². The van der Waals surface area contributed by atoms with Gasteiger partial charge in [0.2, 0.25) is 5.91 Å². The quantitative estimate of drug-likeness (QED) is 0.879. The van der Waals surface area contributed by atoms with Gasteiger partial charge in [-0.05, 0) is 25.5 Å². The van der Waals surface area contributed by atoms with Crippen LogP contribution in [0, 0.1) is 13.8 Å². The third kappa shape index (κ3) is 4.19. The van der Waals surface area contributed by atoms with E-state index in [-0.39, 0.29) is 24.4 Å². The molecule has 112 valence electrons. The zero-order valence-electron chi connectivity index (χ0n) is 11.9. The number of halogens is 1. The van der Waals surface area contributed by atoms with E-state index in [0.29, 0.717) is 17.1 Å². The van der Waals surface area contributed by atoms with Crippen molar-refractivity contribution in [3.05, 3.63) is 50.7 Å². The summed E-state index contributed by atoms with van der Waals surface area (Å²) in [7, 11) is 0. The summed E-state index contributed by atoms with van der Waals surface area (Å²) in [5.41, 5.74) is 2.10. The van der Waals surface area contributed by atoms with E-state index in [1.54, 1.807) is 10.9 Å². The van der Waals surface area contributed by atoms with E-state index in [4.69, 9.17) is 11.6 Å². The van der Waals surface area contributed by atoms with Gasteiger partial charge in [-0.15, -0.1) is 0 Å². The van der Waals surface area contributed by atoms with Crippen molar-refractivity contribution in [1.82, 2.24) is 20.1 Å². The van der Waals surface area contributed by atoms with Crippen LogP contribution in [0.2, 0.25) is 5.02 Å². The number of rotatable bonds is 5. The number of carbonyl (C=O) groups is 1. The zero-order valence-corrected chi connectivity index (χ0v) is 12.7. The van der Waals surface area contributed by atoms with Gasteiger partial charge in [0.15, 0.2) is 0 Å². The lowest BCUT2D eigenvalue weighted by molar-refractivity contribution is -0.121. The molecule has 0 unspecified atom stereocenters. The summed E-state index contributed by atoms with van der Waals surface area (Å²) in [6.07, 6.45) is 3.46. The van der Waals surface area contributed by atoms with Crippen LogP contribution >= 0.6 is 11.6 Å². The minimum Gasteiger partial charge on any atom is -0.352 e. The van der Waals surface area contributed by atoms with Gasteiger partial charge < -0.3 is 10.3 Å². The molecule has 2 aromatic heterocycles. The molecule has 0 fully saturated rings. The summed E-state index contributed by atoms with van der Waals surface area (Å²) in [6, 6.07) is 1.88. The van der Waals surface area contributed by atoms with E-state index in [1.165, 1.54) is 6.20 Å². The van der Waals surface area contributed by atoms with Crippen LogP contribution in [-0.4, -0.2) is 20.7 Å². The molecule has 0 aliphatic heterocycles.